The van der Waals surface area contributed by atoms with Crippen LogP contribution in [0.4, 0.5) is 0 Å². The molecule has 82 valence electrons. The third-order valence-corrected chi connectivity index (χ3v) is 2.21. The topological polar surface area (TPSA) is 18.5 Å². The van der Waals surface area contributed by atoms with Crippen molar-refractivity contribution in [2.75, 3.05) is 25.7 Å². The molecule has 15 heavy (non-hydrogen) atoms. The zero-order chi connectivity index (χ0) is 10.9. The fraction of sp³-hybridized carbons (Fsp3) is 0.333. The Morgan fingerprint density at radius 2 is 1.93 bits per heavy atom. The fourth-order valence-electron chi connectivity index (χ4n) is 1.10. The van der Waals surface area contributed by atoms with E-state index in [-0.39, 0.29) is 0 Å². The minimum absolute atomic E-state index is 0.590. The maximum atomic E-state index is 5.45. The molecule has 0 fully saturated rings. The first kappa shape index (κ1) is 12.3. The van der Waals surface area contributed by atoms with Gasteiger partial charge in [0.25, 0.3) is 0 Å². The molecule has 0 spiro atoms. The van der Waals surface area contributed by atoms with Crippen molar-refractivity contribution in [2.24, 2.45) is 0 Å². The van der Waals surface area contributed by atoms with Crippen LogP contribution >= 0.6 is 15.9 Å². The minimum atomic E-state index is 0.590. The second-order valence-electron chi connectivity index (χ2n) is 2.97. The van der Waals surface area contributed by atoms with Crippen LogP contribution in [-0.2, 0) is 4.74 Å². The van der Waals surface area contributed by atoms with E-state index in [1.54, 1.807) is 7.11 Å². The standard InChI is InChI=1S/C12H15BrO2/c1-14-9-10-15-12-6-4-11(5-7-12)3-2-8-13/h2-7H,8-10H2,1H3. The van der Waals surface area contributed by atoms with Crippen molar-refractivity contribution in [3.8, 4) is 5.75 Å². The van der Waals surface area contributed by atoms with E-state index in [1.807, 2.05) is 24.3 Å². The summed E-state index contributed by atoms with van der Waals surface area (Å²) in [5, 5.41) is 0.874. The lowest BCUT2D eigenvalue weighted by Crippen LogP contribution is -2.03. The number of rotatable bonds is 6. The van der Waals surface area contributed by atoms with Gasteiger partial charge >= 0.3 is 0 Å². The molecule has 0 radical (unpaired) electrons. The Hall–Kier alpha value is -0.800. The number of allylic oxidation sites excluding steroid dienone is 1. The van der Waals surface area contributed by atoms with Crippen molar-refractivity contribution < 1.29 is 9.47 Å². The monoisotopic (exact) mass is 270 g/mol. The van der Waals surface area contributed by atoms with Gasteiger partial charge in [0.05, 0.1) is 6.61 Å². The minimum Gasteiger partial charge on any atom is -0.491 e. The van der Waals surface area contributed by atoms with E-state index < -0.39 is 0 Å². The first-order chi connectivity index (χ1) is 7.36. The SMILES string of the molecule is COCCOc1ccc(C=CCBr)cc1. The quantitative estimate of drug-likeness (QED) is 0.584. The van der Waals surface area contributed by atoms with Crippen LogP contribution in [0.5, 0.6) is 5.75 Å². The molecule has 0 aromatic heterocycles. The average Bonchev–Trinajstić information content (AvgIpc) is 2.28. The molecule has 1 rings (SSSR count). The van der Waals surface area contributed by atoms with E-state index >= 15 is 0 Å². The molecule has 0 saturated heterocycles. The van der Waals surface area contributed by atoms with Gasteiger partial charge in [-0.25, -0.2) is 0 Å². The molecule has 0 aliphatic rings. The van der Waals surface area contributed by atoms with Crippen LogP contribution in [0.3, 0.4) is 0 Å². The number of hydrogen-bond acceptors (Lipinski definition) is 2. The van der Waals surface area contributed by atoms with Gasteiger partial charge in [0.1, 0.15) is 12.4 Å². The Bertz CT molecular complexity index is 293. The van der Waals surface area contributed by atoms with E-state index in [9.17, 15) is 0 Å². The molecule has 0 heterocycles. The van der Waals surface area contributed by atoms with Gasteiger partial charge in [-0.3, -0.25) is 0 Å². The normalized spacial score (nSPS) is 10.8. The highest BCUT2D eigenvalue weighted by atomic mass is 79.9. The highest BCUT2D eigenvalue weighted by molar-refractivity contribution is 9.09. The van der Waals surface area contributed by atoms with Crippen LogP contribution in [0.1, 0.15) is 5.56 Å². The van der Waals surface area contributed by atoms with Crippen LogP contribution in [0, 0.1) is 0 Å². The first-order valence-electron chi connectivity index (χ1n) is 4.81. The zero-order valence-corrected chi connectivity index (χ0v) is 10.4. The molecule has 3 heteroatoms. The van der Waals surface area contributed by atoms with Gasteiger partial charge in [-0.2, -0.15) is 0 Å². The molecule has 0 amide bonds. The number of halogens is 1. The summed E-state index contributed by atoms with van der Waals surface area (Å²) in [7, 11) is 1.66. The molecule has 0 unspecified atom stereocenters. The second-order valence-corrected chi connectivity index (χ2v) is 3.61. The maximum absolute atomic E-state index is 5.45. The number of ether oxygens (including phenoxy) is 2. The van der Waals surface area contributed by atoms with Crippen LogP contribution in [-0.4, -0.2) is 25.7 Å². The Morgan fingerprint density at radius 3 is 2.53 bits per heavy atom. The van der Waals surface area contributed by atoms with Gasteiger partial charge in [-0.15, -0.1) is 0 Å². The summed E-state index contributed by atoms with van der Waals surface area (Å²) in [5.74, 6) is 0.878. The predicted octanol–water partition coefficient (Wildman–Crippen LogP) is 3.12. The molecule has 0 aliphatic heterocycles. The van der Waals surface area contributed by atoms with Gasteiger partial charge in [-0.1, -0.05) is 40.2 Å². The Balaban J connectivity index is 2.45. The molecule has 1 aromatic rings. The van der Waals surface area contributed by atoms with Crippen LogP contribution < -0.4 is 4.74 Å². The Kier molecular flexibility index (Phi) is 6.12. The van der Waals surface area contributed by atoms with Crippen LogP contribution in [0.25, 0.3) is 6.08 Å². The van der Waals surface area contributed by atoms with E-state index in [0.29, 0.717) is 13.2 Å². The molecule has 0 N–H and O–H groups in total. The number of hydrogen-bond donors (Lipinski definition) is 0. The smallest absolute Gasteiger partial charge is 0.119 e. The lowest BCUT2D eigenvalue weighted by atomic mass is 10.2. The first-order valence-corrected chi connectivity index (χ1v) is 5.93. The summed E-state index contributed by atoms with van der Waals surface area (Å²) in [4.78, 5) is 0. The maximum Gasteiger partial charge on any atom is 0.119 e. The van der Waals surface area contributed by atoms with Crippen molar-refractivity contribution in [2.45, 2.75) is 0 Å². The summed E-state index contributed by atoms with van der Waals surface area (Å²) < 4.78 is 10.3. The van der Waals surface area contributed by atoms with E-state index in [1.165, 1.54) is 5.56 Å². The summed E-state index contributed by atoms with van der Waals surface area (Å²) in [5.41, 5.74) is 1.17. The second kappa shape index (κ2) is 7.49. The van der Waals surface area contributed by atoms with Crippen molar-refractivity contribution in [1.29, 1.82) is 0 Å². The van der Waals surface area contributed by atoms with Gasteiger partial charge in [-0.05, 0) is 17.7 Å². The lowest BCUT2D eigenvalue weighted by Gasteiger charge is -2.05. The fourth-order valence-corrected chi connectivity index (χ4v) is 1.29. The van der Waals surface area contributed by atoms with Crippen molar-refractivity contribution in [3.05, 3.63) is 35.9 Å². The summed E-state index contributed by atoms with van der Waals surface area (Å²) in [6, 6.07) is 7.98. The van der Waals surface area contributed by atoms with Gasteiger partial charge in [0.2, 0.25) is 0 Å². The predicted molar refractivity (Wildman–Crippen MR) is 66.6 cm³/mol. The van der Waals surface area contributed by atoms with Gasteiger partial charge < -0.3 is 9.47 Å². The Labute approximate surface area is 99.0 Å². The molecule has 0 atom stereocenters. The highest BCUT2D eigenvalue weighted by Gasteiger charge is 1.92. The molecule has 2 nitrogen and oxygen atoms in total. The van der Waals surface area contributed by atoms with Crippen LogP contribution in [0.15, 0.2) is 30.3 Å². The van der Waals surface area contributed by atoms with E-state index in [0.717, 1.165) is 11.1 Å². The molecule has 1 aromatic carbocycles. The number of benzene rings is 1. The number of alkyl halides is 1. The average molecular weight is 271 g/mol. The zero-order valence-electron chi connectivity index (χ0n) is 8.78. The molecular formula is C12H15BrO2. The van der Waals surface area contributed by atoms with Gasteiger partial charge in [0, 0.05) is 12.4 Å². The van der Waals surface area contributed by atoms with E-state index in [2.05, 4.69) is 28.1 Å². The van der Waals surface area contributed by atoms with Crippen molar-refractivity contribution >= 4 is 22.0 Å². The molecule has 0 bridgehead atoms. The van der Waals surface area contributed by atoms with Crippen molar-refractivity contribution in [1.82, 2.24) is 0 Å². The number of methoxy groups -OCH3 is 1. The largest absolute Gasteiger partial charge is 0.491 e. The molecule has 0 aliphatic carbocycles. The highest BCUT2D eigenvalue weighted by Crippen LogP contribution is 2.13. The van der Waals surface area contributed by atoms with Crippen molar-refractivity contribution in [3.63, 3.8) is 0 Å². The third-order valence-electron chi connectivity index (χ3n) is 1.84. The van der Waals surface area contributed by atoms with Crippen LogP contribution in [0.2, 0.25) is 0 Å². The molecule has 0 saturated carbocycles. The van der Waals surface area contributed by atoms with Gasteiger partial charge in [0.15, 0.2) is 0 Å². The molecular weight excluding hydrogens is 256 g/mol. The lowest BCUT2D eigenvalue weighted by molar-refractivity contribution is 0.146. The Morgan fingerprint density at radius 1 is 1.20 bits per heavy atom. The summed E-state index contributed by atoms with van der Waals surface area (Å²) >= 11 is 3.34. The summed E-state index contributed by atoms with van der Waals surface area (Å²) in [6.07, 6.45) is 4.12. The van der Waals surface area contributed by atoms with E-state index in [4.69, 9.17) is 9.47 Å². The third kappa shape index (κ3) is 5.00. The summed E-state index contributed by atoms with van der Waals surface area (Å²) in [6.45, 7) is 1.21.